The molecule has 1 saturated heterocycles. The number of urea groups is 1. The van der Waals surface area contributed by atoms with E-state index >= 15 is 0 Å². The third-order valence-electron chi connectivity index (χ3n) is 4.19. The molecule has 2 aromatic rings. The highest BCUT2D eigenvalue weighted by molar-refractivity contribution is 7.98. The van der Waals surface area contributed by atoms with Crippen LogP contribution in [0.5, 0.6) is 6.01 Å². The monoisotopic (exact) mass is 362 g/mol. The number of aromatic nitrogens is 4. The number of carbonyl (C=O) groups excluding carboxylic acids is 1. The van der Waals surface area contributed by atoms with Crippen molar-refractivity contribution in [3.63, 3.8) is 0 Å². The van der Waals surface area contributed by atoms with E-state index in [9.17, 15) is 4.79 Å². The van der Waals surface area contributed by atoms with E-state index in [0.717, 1.165) is 23.7 Å². The van der Waals surface area contributed by atoms with Crippen LogP contribution in [-0.2, 0) is 13.6 Å². The topological polar surface area (TPSA) is 85.2 Å². The first-order valence-electron chi connectivity index (χ1n) is 8.18. The number of rotatable bonds is 5. The summed E-state index contributed by atoms with van der Waals surface area (Å²) in [6, 6.07) is 2.09. The number of piperidine rings is 1. The standard InChI is InChI=1S/C16H22N6O2S/c1-21-12(11-20-16(21)25-2)10-19-15(23)22-8-4-13(5-9-22)24-14-17-6-3-7-18-14/h3,6-7,11,13H,4-5,8-10H2,1-2H3,(H,19,23). The molecular formula is C16H22N6O2S. The van der Waals surface area contributed by atoms with E-state index in [4.69, 9.17) is 4.74 Å². The van der Waals surface area contributed by atoms with Crippen molar-refractivity contribution in [3.05, 3.63) is 30.4 Å². The third kappa shape index (κ3) is 4.41. The second-order valence-corrected chi connectivity index (χ2v) is 6.56. The number of imidazole rings is 1. The van der Waals surface area contributed by atoms with Gasteiger partial charge in [-0.05, 0) is 12.3 Å². The Morgan fingerprint density at radius 2 is 2.04 bits per heavy atom. The summed E-state index contributed by atoms with van der Waals surface area (Å²) >= 11 is 1.58. The summed E-state index contributed by atoms with van der Waals surface area (Å²) in [5, 5.41) is 3.90. The van der Waals surface area contributed by atoms with Gasteiger partial charge in [0.15, 0.2) is 5.16 Å². The molecule has 8 nitrogen and oxygen atoms in total. The lowest BCUT2D eigenvalue weighted by Crippen LogP contribution is -2.46. The predicted octanol–water partition coefficient (Wildman–Crippen LogP) is 1.69. The zero-order valence-corrected chi connectivity index (χ0v) is 15.2. The summed E-state index contributed by atoms with van der Waals surface area (Å²) in [5.74, 6) is 0. The normalized spacial score (nSPS) is 15.2. The summed E-state index contributed by atoms with van der Waals surface area (Å²) in [5.41, 5.74) is 0.983. The first kappa shape index (κ1) is 17.5. The van der Waals surface area contributed by atoms with Crippen molar-refractivity contribution in [2.24, 2.45) is 7.05 Å². The maximum absolute atomic E-state index is 12.3. The highest BCUT2D eigenvalue weighted by Gasteiger charge is 2.24. The zero-order valence-electron chi connectivity index (χ0n) is 14.4. The van der Waals surface area contributed by atoms with Crippen molar-refractivity contribution >= 4 is 17.8 Å². The fourth-order valence-corrected chi connectivity index (χ4v) is 3.28. The fraction of sp³-hybridized carbons (Fsp3) is 0.500. The number of amides is 2. The highest BCUT2D eigenvalue weighted by Crippen LogP contribution is 2.16. The van der Waals surface area contributed by atoms with E-state index in [-0.39, 0.29) is 12.1 Å². The Morgan fingerprint density at radius 3 is 2.68 bits per heavy atom. The maximum atomic E-state index is 12.3. The van der Waals surface area contributed by atoms with Gasteiger partial charge in [-0.1, -0.05) is 11.8 Å². The number of hydrogen-bond acceptors (Lipinski definition) is 6. The minimum Gasteiger partial charge on any atom is -0.460 e. The molecule has 0 aromatic carbocycles. The SMILES string of the molecule is CSc1ncc(CNC(=O)N2CCC(Oc3ncccn3)CC2)n1C. The van der Waals surface area contributed by atoms with Gasteiger partial charge in [0.1, 0.15) is 6.10 Å². The smallest absolute Gasteiger partial charge is 0.317 e. The number of nitrogens with one attached hydrogen (secondary N) is 1. The van der Waals surface area contributed by atoms with Crippen LogP contribution in [0.15, 0.2) is 29.8 Å². The predicted molar refractivity (Wildman–Crippen MR) is 94.5 cm³/mol. The number of likely N-dealkylation sites (tertiary alicyclic amines) is 1. The van der Waals surface area contributed by atoms with Gasteiger partial charge in [0.05, 0.1) is 18.4 Å². The minimum atomic E-state index is -0.0543. The average Bonchev–Trinajstić information content (AvgIpc) is 3.01. The second kappa shape index (κ2) is 8.19. The number of thioether (sulfide) groups is 1. The Labute approximate surface area is 151 Å². The van der Waals surface area contributed by atoms with Gasteiger partial charge in [-0.3, -0.25) is 0 Å². The molecule has 1 aliphatic rings. The third-order valence-corrected chi connectivity index (χ3v) is 4.93. The summed E-state index contributed by atoms with van der Waals surface area (Å²) in [7, 11) is 1.95. The molecule has 25 heavy (non-hydrogen) atoms. The van der Waals surface area contributed by atoms with Crippen molar-refractivity contribution in [2.75, 3.05) is 19.3 Å². The zero-order chi connectivity index (χ0) is 17.6. The van der Waals surface area contributed by atoms with Crippen LogP contribution in [0.2, 0.25) is 0 Å². The van der Waals surface area contributed by atoms with Gasteiger partial charge in [0.2, 0.25) is 0 Å². The van der Waals surface area contributed by atoms with Crippen LogP contribution in [0.4, 0.5) is 4.79 Å². The Bertz CT molecular complexity index is 700. The molecule has 1 fully saturated rings. The second-order valence-electron chi connectivity index (χ2n) is 5.79. The van der Waals surface area contributed by atoms with Gasteiger partial charge in [0, 0.05) is 45.4 Å². The Hall–Kier alpha value is -2.29. The largest absolute Gasteiger partial charge is 0.460 e. The van der Waals surface area contributed by atoms with Crippen LogP contribution in [-0.4, -0.2) is 55.9 Å². The molecule has 9 heteroatoms. The van der Waals surface area contributed by atoms with E-state index in [1.807, 2.05) is 22.8 Å². The van der Waals surface area contributed by atoms with Gasteiger partial charge >= 0.3 is 12.0 Å². The van der Waals surface area contributed by atoms with Crippen LogP contribution < -0.4 is 10.1 Å². The lowest BCUT2D eigenvalue weighted by atomic mass is 10.1. The van der Waals surface area contributed by atoms with Crippen molar-refractivity contribution in [2.45, 2.75) is 30.6 Å². The maximum Gasteiger partial charge on any atom is 0.317 e. The summed E-state index contributed by atoms with van der Waals surface area (Å²) in [6.07, 6.45) is 8.69. The Balaban J connectivity index is 1.44. The number of carbonyl (C=O) groups is 1. The van der Waals surface area contributed by atoms with Gasteiger partial charge in [-0.2, -0.15) is 0 Å². The number of nitrogens with zero attached hydrogens (tertiary/aromatic N) is 5. The quantitative estimate of drug-likeness (QED) is 0.815. The average molecular weight is 362 g/mol. The van der Waals surface area contributed by atoms with Crippen LogP contribution in [0.1, 0.15) is 18.5 Å². The molecule has 134 valence electrons. The van der Waals surface area contributed by atoms with Gasteiger partial charge in [-0.15, -0.1) is 0 Å². The molecule has 3 rings (SSSR count). The molecule has 1 aliphatic heterocycles. The summed E-state index contributed by atoms with van der Waals surface area (Å²) < 4.78 is 7.74. The van der Waals surface area contributed by atoms with Crippen molar-refractivity contribution in [3.8, 4) is 6.01 Å². The Kier molecular flexibility index (Phi) is 5.75. The summed E-state index contributed by atoms with van der Waals surface area (Å²) in [4.78, 5) is 26.6. The molecule has 2 amide bonds. The molecule has 1 N–H and O–H groups in total. The molecule has 0 radical (unpaired) electrons. The van der Waals surface area contributed by atoms with E-state index in [1.54, 1.807) is 36.4 Å². The lowest BCUT2D eigenvalue weighted by molar-refractivity contribution is 0.103. The van der Waals surface area contributed by atoms with E-state index < -0.39 is 0 Å². The number of hydrogen-bond donors (Lipinski definition) is 1. The summed E-state index contributed by atoms with van der Waals surface area (Å²) in [6.45, 7) is 1.78. The highest BCUT2D eigenvalue weighted by atomic mass is 32.2. The fourth-order valence-electron chi connectivity index (χ4n) is 2.73. The minimum absolute atomic E-state index is 0.0488. The molecule has 2 aromatic heterocycles. The Morgan fingerprint density at radius 1 is 1.32 bits per heavy atom. The molecule has 3 heterocycles. The molecule has 0 unspecified atom stereocenters. The van der Waals surface area contributed by atoms with Crippen LogP contribution >= 0.6 is 11.8 Å². The number of ether oxygens (including phenoxy) is 1. The molecule has 0 bridgehead atoms. The van der Waals surface area contributed by atoms with Crippen LogP contribution in [0.25, 0.3) is 0 Å². The molecule has 0 atom stereocenters. The van der Waals surface area contributed by atoms with Crippen molar-refractivity contribution in [1.29, 1.82) is 0 Å². The van der Waals surface area contributed by atoms with E-state index in [2.05, 4.69) is 20.3 Å². The molecule has 0 saturated carbocycles. The van der Waals surface area contributed by atoms with E-state index in [1.165, 1.54) is 0 Å². The molecule has 0 aliphatic carbocycles. The van der Waals surface area contributed by atoms with Gasteiger partial charge in [0.25, 0.3) is 0 Å². The van der Waals surface area contributed by atoms with Crippen LogP contribution in [0, 0.1) is 0 Å². The van der Waals surface area contributed by atoms with Crippen molar-refractivity contribution in [1.82, 2.24) is 29.7 Å². The lowest BCUT2D eigenvalue weighted by Gasteiger charge is -2.31. The van der Waals surface area contributed by atoms with Gasteiger partial charge < -0.3 is 19.5 Å². The first-order valence-corrected chi connectivity index (χ1v) is 9.41. The molecule has 0 spiro atoms. The van der Waals surface area contributed by atoms with Crippen molar-refractivity contribution < 1.29 is 9.53 Å². The van der Waals surface area contributed by atoms with E-state index in [0.29, 0.717) is 25.6 Å². The molecular weight excluding hydrogens is 340 g/mol. The van der Waals surface area contributed by atoms with Crippen LogP contribution in [0.3, 0.4) is 0 Å². The first-order chi connectivity index (χ1) is 12.2. The van der Waals surface area contributed by atoms with Gasteiger partial charge in [-0.25, -0.2) is 19.7 Å².